The van der Waals surface area contributed by atoms with Gasteiger partial charge in [-0.25, -0.2) is 18.2 Å². The van der Waals surface area contributed by atoms with Crippen LogP contribution in [0.5, 0.6) is 0 Å². The number of nitrogens with zero attached hydrogens (tertiary/aromatic N) is 4. The Hall–Kier alpha value is -4.26. The zero-order chi connectivity index (χ0) is 24.7. The molecule has 0 aliphatic rings. The topological polar surface area (TPSA) is 99.0 Å². The van der Waals surface area contributed by atoms with E-state index in [4.69, 9.17) is 5.26 Å². The highest BCUT2D eigenvalue weighted by molar-refractivity contribution is 5.94. The molecule has 0 saturated heterocycles. The highest BCUT2D eigenvalue weighted by Gasteiger charge is 2.20. The maximum atomic E-state index is 14.6. The maximum Gasteiger partial charge on any atom is 0.256 e. The lowest BCUT2D eigenvalue weighted by atomic mass is 10.1. The van der Waals surface area contributed by atoms with Crippen LogP contribution >= 0.6 is 0 Å². The number of aromatic nitrogens is 2. The average Bonchev–Trinajstić information content (AvgIpc) is 2.83. The van der Waals surface area contributed by atoms with Crippen molar-refractivity contribution >= 4 is 17.5 Å². The summed E-state index contributed by atoms with van der Waals surface area (Å²) in [5, 5.41) is 11.5. The van der Waals surface area contributed by atoms with Gasteiger partial charge in [0.2, 0.25) is 5.91 Å². The lowest BCUT2D eigenvalue weighted by molar-refractivity contribution is -0.117. The van der Waals surface area contributed by atoms with Crippen molar-refractivity contribution in [3.8, 4) is 17.3 Å². The van der Waals surface area contributed by atoms with E-state index >= 15 is 0 Å². The molecule has 0 spiro atoms. The molecule has 2 heterocycles. The van der Waals surface area contributed by atoms with Gasteiger partial charge in [-0.2, -0.15) is 5.26 Å². The van der Waals surface area contributed by atoms with Crippen LogP contribution in [0.1, 0.15) is 28.5 Å². The SMILES string of the molecule is CC(=O)N(CC(F)F)c1ccc(-c2ccc(C(=O)NCCc3ccc(C#N)nc3)cn2)cc1F. The van der Waals surface area contributed by atoms with E-state index in [1.807, 2.05) is 6.07 Å². The second kappa shape index (κ2) is 11.0. The average molecular weight is 467 g/mol. The zero-order valence-electron chi connectivity index (χ0n) is 18.1. The number of anilines is 1. The highest BCUT2D eigenvalue weighted by Crippen LogP contribution is 2.26. The number of alkyl halides is 2. The zero-order valence-corrected chi connectivity index (χ0v) is 18.1. The first-order chi connectivity index (χ1) is 16.3. The number of hydrogen-bond acceptors (Lipinski definition) is 5. The molecule has 0 radical (unpaired) electrons. The van der Waals surface area contributed by atoms with Gasteiger partial charge in [0.25, 0.3) is 12.3 Å². The van der Waals surface area contributed by atoms with E-state index < -0.39 is 24.7 Å². The Kier molecular flexibility index (Phi) is 7.92. The minimum Gasteiger partial charge on any atom is -0.352 e. The van der Waals surface area contributed by atoms with Crippen LogP contribution in [0.4, 0.5) is 18.9 Å². The number of carbonyl (C=O) groups excluding carboxylic acids is 2. The van der Waals surface area contributed by atoms with Crippen molar-refractivity contribution in [2.75, 3.05) is 18.0 Å². The molecule has 3 rings (SSSR count). The number of benzene rings is 1. The van der Waals surface area contributed by atoms with Gasteiger partial charge in [0, 0.05) is 31.4 Å². The molecule has 0 fully saturated rings. The van der Waals surface area contributed by atoms with Gasteiger partial charge in [-0.1, -0.05) is 12.1 Å². The van der Waals surface area contributed by atoms with E-state index in [9.17, 15) is 22.8 Å². The van der Waals surface area contributed by atoms with Crippen LogP contribution in [0.25, 0.3) is 11.3 Å². The quantitative estimate of drug-likeness (QED) is 0.544. The van der Waals surface area contributed by atoms with E-state index in [0.717, 1.165) is 18.6 Å². The predicted octanol–water partition coefficient (Wildman–Crippen LogP) is 3.74. The Morgan fingerprint density at radius 1 is 1.12 bits per heavy atom. The molecule has 10 heteroatoms. The number of pyridine rings is 2. The number of nitrogens with one attached hydrogen (secondary N) is 1. The number of halogens is 3. The number of rotatable bonds is 8. The van der Waals surface area contributed by atoms with Crippen LogP contribution in [0.15, 0.2) is 54.9 Å². The Bertz CT molecular complexity index is 1210. The Balaban J connectivity index is 1.64. The summed E-state index contributed by atoms with van der Waals surface area (Å²) in [6, 6.07) is 12.2. The lowest BCUT2D eigenvalue weighted by Gasteiger charge is -2.21. The van der Waals surface area contributed by atoms with Crippen molar-refractivity contribution in [3.63, 3.8) is 0 Å². The summed E-state index contributed by atoms with van der Waals surface area (Å²) in [5.41, 5.74) is 1.98. The van der Waals surface area contributed by atoms with E-state index in [-0.39, 0.29) is 11.6 Å². The van der Waals surface area contributed by atoms with E-state index in [1.165, 1.54) is 30.5 Å². The molecule has 0 bridgehead atoms. The van der Waals surface area contributed by atoms with Gasteiger partial charge in [-0.15, -0.1) is 0 Å². The largest absolute Gasteiger partial charge is 0.352 e. The van der Waals surface area contributed by atoms with Gasteiger partial charge >= 0.3 is 0 Å². The monoisotopic (exact) mass is 467 g/mol. The third-order valence-electron chi connectivity index (χ3n) is 4.90. The molecule has 1 N–H and O–H groups in total. The van der Waals surface area contributed by atoms with E-state index in [0.29, 0.717) is 40.4 Å². The molecule has 34 heavy (non-hydrogen) atoms. The minimum absolute atomic E-state index is 0.245. The highest BCUT2D eigenvalue weighted by atomic mass is 19.3. The fourth-order valence-electron chi connectivity index (χ4n) is 3.18. The number of hydrogen-bond donors (Lipinski definition) is 1. The normalized spacial score (nSPS) is 10.6. The van der Waals surface area contributed by atoms with Gasteiger partial charge in [-0.3, -0.25) is 14.6 Å². The van der Waals surface area contributed by atoms with Crippen molar-refractivity contribution < 1.29 is 22.8 Å². The third kappa shape index (κ3) is 6.16. The van der Waals surface area contributed by atoms with Crippen molar-refractivity contribution in [2.45, 2.75) is 19.8 Å². The molecular formula is C24H20F3N5O2. The van der Waals surface area contributed by atoms with E-state index in [1.54, 1.807) is 18.3 Å². The molecule has 174 valence electrons. The maximum absolute atomic E-state index is 14.6. The van der Waals surface area contributed by atoms with Crippen molar-refractivity contribution in [1.82, 2.24) is 15.3 Å². The summed E-state index contributed by atoms with van der Waals surface area (Å²) in [6.45, 7) is 0.532. The minimum atomic E-state index is -2.80. The van der Waals surface area contributed by atoms with E-state index in [2.05, 4.69) is 15.3 Å². The second-order valence-corrected chi connectivity index (χ2v) is 7.29. The van der Waals surface area contributed by atoms with Gasteiger partial charge < -0.3 is 10.2 Å². The van der Waals surface area contributed by atoms with Crippen LogP contribution < -0.4 is 10.2 Å². The van der Waals surface area contributed by atoms with Crippen molar-refractivity contribution in [2.24, 2.45) is 0 Å². The molecule has 2 aromatic heterocycles. The van der Waals surface area contributed by atoms with Crippen LogP contribution in [0, 0.1) is 17.1 Å². The van der Waals surface area contributed by atoms with Gasteiger partial charge in [-0.05, 0) is 42.3 Å². The molecule has 0 unspecified atom stereocenters. The summed E-state index contributed by atoms with van der Waals surface area (Å²) in [6.07, 6.45) is 0.654. The molecule has 0 aliphatic carbocycles. The lowest BCUT2D eigenvalue weighted by Crippen LogP contribution is -2.33. The fraction of sp³-hybridized carbons (Fsp3) is 0.208. The van der Waals surface area contributed by atoms with Crippen LogP contribution in [-0.4, -0.2) is 41.3 Å². The standard InChI is InChI=1S/C24H20F3N5O2/c1-15(33)32(14-23(26)27)22-7-4-17(10-20(22)25)21-6-3-18(13-31-21)24(34)29-9-8-16-2-5-19(11-28)30-12-16/h2-7,10,12-13,23H,8-9,14H2,1H3,(H,29,34). The van der Waals surface area contributed by atoms with Gasteiger partial charge in [0.1, 0.15) is 17.6 Å². The molecule has 2 amide bonds. The second-order valence-electron chi connectivity index (χ2n) is 7.29. The summed E-state index contributed by atoms with van der Waals surface area (Å²) in [4.78, 5) is 32.8. The molecule has 7 nitrogen and oxygen atoms in total. The summed E-state index contributed by atoms with van der Waals surface area (Å²) in [7, 11) is 0. The van der Waals surface area contributed by atoms with Crippen molar-refractivity contribution in [1.29, 1.82) is 5.26 Å². The van der Waals surface area contributed by atoms with Crippen LogP contribution in [-0.2, 0) is 11.2 Å². The molecular weight excluding hydrogens is 447 g/mol. The molecule has 0 saturated carbocycles. The third-order valence-corrected chi connectivity index (χ3v) is 4.90. The first-order valence-corrected chi connectivity index (χ1v) is 10.2. The van der Waals surface area contributed by atoms with Gasteiger partial charge in [0.05, 0.1) is 23.5 Å². The Labute approximate surface area is 193 Å². The summed E-state index contributed by atoms with van der Waals surface area (Å²) >= 11 is 0. The molecule has 0 aliphatic heterocycles. The molecule has 3 aromatic rings. The summed E-state index contributed by atoms with van der Waals surface area (Å²) < 4.78 is 40.0. The molecule has 1 aromatic carbocycles. The van der Waals surface area contributed by atoms with Crippen LogP contribution in [0.3, 0.4) is 0 Å². The molecule has 0 atom stereocenters. The summed E-state index contributed by atoms with van der Waals surface area (Å²) in [5.74, 6) is -1.88. The number of amides is 2. The number of nitriles is 1. The van der Waals surface area contributed by atoms with Crippen molar-refractivity contribution in [3.05, 3.63) is 77.5 Å². The first kappa shape index (κ1) is 24.4. The van der Waals surface area contributed by atoms with Gasteiger partial charge in [0.15, 0.2) is 0 Å². The van der Waals surface area contributed by atoms with Crippen LogP contribution in [0.2, 0.25) is 0 Å². The Morgan fingerprint density at radius 2 is 1.91 bits per heavy atom. The smallest absolute Gasteiger partial charge is 0.256 e. The fourth-order valence-corrected chi connectivity index (χ4v) is 3.18. The Morgan fingerprint density at radius 3 is 2.47 bits per heavy atom. The predicted molar refractivity (Wildman–Crippen MR) is 119 cm³/mol. The number of carbonyl (C=O) groups is 2. The first-order valence-electron chi connectivity index (χ1n) is 10.2.